The first-order valence-corrected chi connectivity index (χ1v) is 11.1. The number of nitrogens with zero attached hydrogens (tertiary/aromatic N) is 1. The minimum atomic E-state index is -0.269. The van der Waals surface area contributed by atoms with Crippen molar-refractivity contribution in [1.82, 2.24) is 5.32 Å². The first-order chi connectivity index (χ1) is 16.0. The second-order valence-electron chi connectivity index (χ2n) is 8.03. The van der Waals surface area contributed by atoms with Gasteiger partial charge in [-0.15, -0.1) is 0 Å². The van der Waals surface area contributed by atoms with E-state index in [0.29, 0.717) is 31.0 Å². The fraction of sp³-hybridized carbons (Fsp3) is 0.259. The number of ether oxygens (including phenoxy) is 2. The number of amides is 2. The zero-order valence-electron chi connectivity index (χ0n) is 19.0. The molecule has 0 spiro atoms. The molecule has 0 bridgehead atoms. The fourth-order valence-electron chi connectivity index (χ4n) is 4.03. The van der Waals surface area contributed by atoms with Gasteiger partial charge < -0.3 is 19.7 Å². The van der Waals surface area contributed by atoms with Crippen LogP contribution in [-0.4, -0.2) is 38.1 Å². The number of anilines is 1. The number of hydrogen-bond acceptors (Lipinski definition) is 4. The van der Waals surface area contributed by atoms with Gasteiger partial charge in [0.15, 0.2) is 6.61 Å². The van der Waals surface area contributed by atoms with E-state index in [1.807, 2.05) is 56.3 Å². The average Bonchev–Trinajstić information content (AvgIpc) is 3.26. The van der Waals surface area contributed by atoms with Gasteiger partial charge in [0.25, 0.3) is 11.8 Å². The molecular weight excluding hydrogens is 416 g/mol. The second-order valence-corrected chi connectivity index (χ2v) is 8.03. The van der Waals surface area contributed by atoms with Gasteiger partial charge >= 0.3 is 0 Å². The van der Waals surface area contributed by atoms with Crippen LogP contribution in [0.15, 0.2) is 66.7 Å². The summed E-state index contributed by atoms with van der Waals surface area (Å²) >= 11 is 0. The number of nitrogens with one attached hydrogen (secondary N) is 1. The molecule has 33 heavy (non-hydrogen) atoms. The molecule has 3 aromatic rings. The Hall–Kier alpha value is -3.80. The Morgan fingerprint density at radius 2 is 1.64 bits per heavy atom. The molecule has 0 radical (unpaired) electrons. The topological polar surface area (TPSA) is 67.9 Å². The molecule has 6 heteroatoms. The highest BCUT2D eigenvalue weighted by Gasteiger charge is 2.24. The van der Waals surface area contributed by atoms with Crippen LogP contribution in [0.2, 0.25) is 0 Å². The van der Waals surface area contributed by atoms with Gasteiger partial charge in [-0.3, -0.25) is 9.59 Å². The van der Waals surface area contributed by atoms with Crippen LogP contribution in [0.5, 0.6) is 11.5 Å². The summed E-state index contributed by atoms with van der Waals surface area (Å²) < 4.78 is 11.6. The van der Waals surface area contributed by atoms with Gasteiger partial charge in [-0.25, -0.2) is 0 Å². The molecule has 0 atom stereocenters. The Kier molecular flexibility index (Phi) is 6.93. The molecule has 0 aromatic heterocycles. The van der Waals surface area contributed by atoms with Gasteiger partial charge in [0.1, 0.15) is 18.1 Å². The zero-order valence-corrected chi connectivity index (χ0v) is 19.0. The molecule has 1 aliphatic heterocycles. The Morgan fingerprint density at radius 3 is 2.45 bits per heavy atom. The van der Waals surface area contributed by atoms with E-state index in [0.717, 1.165) is 34.5 Å². The summed E-state index contributed by atoms with van der Waals surface area (Å²) in [6.07, 6.45) is 0.838. The molecule has 1 aliphatic rings. The number of carbonyl (C=O) groups excluding carboxylic acids is 2. The molecule has 4 rings (SSSR count). The lowest BCUT2D eigenvalue weighted by Gasteiger charge is -2.18. The van der Waals surface area contributed by atoms with Gasteiger partial charge in [0.05, 0.1) is 12.1 Å². The predicted octanol–water partition coefficient (Wildman–Crippen LogP) is 4.08. The first kappa shape index (κ1) is 22.4. The minimum absolute atomic E-state index is 0.128. The molecule has 2 amide bonds. The highest BCUT2D eigenvalue weighted by atomic mass is 16.5. The third-order valence-corrected chi connectivity index (χ3v) is 5.71. The Labute approximate surface area is 194 Å². The lowest BCUT2D eigenvalue weighted by atomic mass is 10.1. The maximum Gasteiger partial charge on any atom is 0.264 e. The molecule has 1 heterocycles. The third-order valence-electron chi connectivity index (χ3n) is 5.71. The molecule has 3 aromatic carbocycles. The van der Waals surface area contributed by atoms with E-state index >= 15 is 0 Å². The van der Waals surface area contributed by atoms with E-state index in [4.69, 9.17) is 9.47 Å². The number of hydrogen-bond donors (Lipinski definition) is 1. The Bertz CT molecular complexity index is 1140. The number of rotatable bonds is 8. The van der Waals surface area contributed by atoms with E-state index in [2.05, 4.69) is 5.32 Å². The van der Waals surface area contributed by atoms with E-state index in [1.54, 1.807) is 29.2 Å². The molecule has 0 unspecified atom stereocenters. The standard InChI is InChI=1S/C27H28N2O4/c1-19-8-7-9-20(2)26(19)32-17-15-28-27(31)22-11-4-6-13-24(22)33-18-25(30)29-16-14-21-10-3-5-12-23(21)29/h3-13H,14-18H2,1-2H3,(H,28,31). The quantitative estimate of drug-likeness (QED) is 0.532. The van der Waals surface area contributed by atoms with Crippen molar-refractivity contribution in [2.45, 2.75) is 20.3 Å². The van der Waals surface area contributed by atoms with E-state index in [9.17, 15) is 9.59 Å². The monoisotopic (exact) mass is 444 g/mol. The lowest BCUT2D eigenvalue weighted by Crippen LogP contribution is -2.34. The lowest BCUT2D eigenvalue weighted by molar-refractivity contribution is -0.120. The SMILES string of the molecule is Cc1cccc(C)c1OCCNC(=O)c1ccccc1OCC(=O)N1CCc2ccccc21. The van der Waals surface area contributed by atoms with E-state index in [-0.39, 0.29) is 18.4 Å². The van der Waals surface area contributed by atoms with Crippen molar-refractivity contribution in [1.29, 1.82) is 0 Å². The first-order valence-electron chi connectivity index (χ1n) is 11.1. The van der Waals surface area contributed by atoms with Crippen molar-refractivity contribution in [3.8, 4) is 11.5 Å². The summed E-state index contributed by atoms with van der Waals surface area (Å²) in [5.74, 6) is 0.829. The summed E-state index contributed by atoms with van der Waals surface area (Å²) in [6, 6.07) is 20.8. The summed E-state index contributed by atoms with van der Waals surface area (Å²) in [6.45, 7) is 5.21. The largest absolute Gasteiger partial charge is 0.491 e. The van der Waals surface area contributed by atoms with E-state index < -0.39 is 0 Å². The number of carbonyl (C=O) groups is 2. The Morgan fingerprint density at radius 1 is 0.909 bits per heavy atom. The minimum Gasteiger partial charge on any atom is -0.491 e. The number of para-hydroxylation sites is 3. The average molecular weight is 445 g/mol. The number of benzene rings is 3. The normalized spacial score (nSPS) is 12.2. The van der Waals surface area contributed by atoms with Crippen LogP contribution >= 0.6 is 0 Å². The third kappa shape index (κ3) is 5.17. The van der Waals surface area contributed by atoms with Crippen LogP contribution in [-0.2, 0) is 11.2 Å². The molecule has 0 saturated heterocycles. The highest BCUT2D eigenvalue weighted by molar-refractivity contribution is 5.98. The van der Waals surface area contributed by atoms with E-state index in [1.165, 1.54) is 0 Å². The van der Waals surface area contributed by atoms with Crippen LogP contribution in [0.25, 0.3) is 0 Å². The van der Waals surface area contributed by atoms with Gasteiger partial charge in [0.2, 0.25) is 0 Å². The van der Waals surface area contributed by atoms with Crippen LogP contribution in [0.3, 0.4) is 0 Å². The van der Waals surface area contributed by atoms with Crippen LogP contribution in [0, 0.1) is 13.8 Å². The van der Waals surface area contributed by atoms with Crippen LogP contribution in [0.1, 0.15) is 27.0 Å². The van der Waals surface area contributed by atoms with Crippen molar-refractivity contribution in [2.24, 2.45) is 0 Å². The summed E-state index contributed by atoms with van der Waals surface area (Å²) in [7, 11) is 0. The molecule has 0 aliphatic carbocycles. The van der Waals surface area contributed by atoms with Crippen molar-refractivity contribution in [3.05, 3.63) is 89.0 Å². The number of fused-ring (bicyclic) bond motifs is 1. The molecule has 0 fully saturated rings. The van der Waals surface area contributed by atoms with Gasteiger partial charge in [-0.05, 0) is 55.2 Å². The van der Waals surface area contributed by atoms with Gasteiger partial charge in [-0.1, -0.05) is 48.5 Å². The van der Waals surface area contributed by atoms with Gasteiger partial charge in [-0.2, -0.15) is 0 Å². The second kappa shape index (κ2) is 10.2. The smallest absolute Gasteiger partial charge is 0.264 e. The summed E-state index contributed by atoms with van der Waals surface area (Å²) in [5.41, 5.74) is 4.60. The maximum atomic E-state index is 12.7. The van der Waals surface area contributed by atoms with Crippen molar-refractivity contribution in [2.75, 3.05) is 31.2 Å². The molecule has 0 saturated carbocycles. The van der Waals surface area contributed by atoms with Crippen molar-refractivity contribution >= 4 is 17.5 Å². The highest BCUT2D eigenvalue weighted by Crippen LogP contribution is 2.28. The molecule has 1 N–H and O–H groups in total. The van der Waals surface area contributed by atoms with Crippen LogP contribution in [0.4, 0.5) is 5.69 Å². The van der Waals surface area contributed by atoms with Crippen molar-refractivity contribution < 1.29 is 19.1 Å². The number of aryl methyl sites for hydroxylation is 2. The molecule has 170 valence electrons. The Balaban J connectivity index is 1.31. The molecular formula is C27H28N2O4. The predicted molar refractivity (Wildman–Crippen MR) is 128 cm³/mol. The van der Waals surface area contributed by atoms with Crippen molar-refractivity contribution in [3.63, 3.8) is 0 Å². The van der Waals surface area contributed by atoms with Crippen LogP contribution < -0.4 is 19.7 Å². The van der Waals surface area contributed by atoms with Gasteiger partial charge in [0, 0.05) is 12.2 Å². The fourth-order valence-corrected chi connectivity index (χ4v) is 4.03. The molecule has 6 nitrogen and oxygen atoms in total. The zero-order chi connectivity index (χ0) is 23.2. The summed E-state index contributed by atoms with van der Waals surface area (Å²) in [5, 5.41) is 2.87. The maximum absolute atomic E-state index is 12.7. The summed E-state index contributed by atoms with van der Waals surface area (Å²) in [4.78, 5) is 27.2.